The molecule has 29 heavy (non-hydrogen) atoms. The van der Waals surface area contributed by atoms with Crippen LogP contribution in [0.3, 0.4) is 0 Å². The summed E-state index contributed by atoms with van der Waals surface area (Å²) in [7, 11) is 0. The van der Waals surface area contributed by atoms with E-state index in [1.165, 1.54) is 16.2 Å². The molecule has 8 nitrogen and oxygen atoms in total. The summed E-state index contributed by atoms with van der Waals surface area (Å²) in [5, 5.41) is 1.86. The van der Waals surface area contributed by atoms with E-state index in [2.05, 4.69) is 14.8 Å². The minimum Gasteiger partial charge on any atom is -0.295 e. The molecule has 2 amide bonds. The van der Waals surface area contributed by atoms with Crippen LogP contribution < -0.4 is 5.56 Å². The van der Waals surface area contributed by atoms with Gasteiger partial charge in [0.2, 0.25) is 11.8 Å². The lowest BCUT2D eigenvalue weighted by atomic mass is 9.85. The number of carbonyl (C=O) groups excluding carboxylic acids is 2. The second-order valence-corrected chi connectivity index (χ2v) is 9.34. The Hall–Kier alpha value is -2.10. The quantitative estimate of drug-likeness (QED) is 0.697. The molecule has 1 aliphatic carbocycles. The molecule has 3 aliphatic rings. The number of amides is 2. The Morgan fingerprint density at radius 1 is 1.03 bits per heavy atom. The molecule has 2 saturated heterocycles. The highest BCUT2D eigenvalue weighted by Gasteiger charge is 2.52. The lowest BCUT2D eigenvalue weighted by Gasteiger charge is -2.36. The van der Waals surface area contributed by atoms with Gasteiger partial charge in [-0.1, -0.05) is 12.8 Å². The monoisotopic (exact) mass is 415 g/mol. The number of nitrogens with zero attached hydrogens (tertiary/aromatic N) is 5. The molecule has 0 bridgehead atoms. The molecule has 0 atom stereocenters. The number of imide groups is 1. The summed E-state index contributed by atoms with van der Waals surface area (Å²) in [6.45, 7) is 4.30. The van der Waals surface area contributed by atoms with Crippen LogP contribution in [0.5, 0.6) is 0 Å². The molecule has 5 rings (SSSR count). The Morgan fingerprint density at radius 2 is 1.76 bits per heavy atom. The van der Waals surface area contributed by atoms with Gasteiger partial charge in [-0.2, -0.15) is 0 Å². The molecule has 0 radical (unpaired) electrons. The molecule has 9 heteroatoms. The molecule has 0 aromatic carbocycles. The maximum absolute atomic E-state index is 12.9. The highest BCUT2D eigenvalue weighted by Crippen LogP contribution is 2.46. The Bertz CT molecular complexity index is 1000. The van der Waals surface area contributed by atoms with Crippen LogP contribution in [-0.4, -0.2) is 68.7 Å². The molecule has 3 fully saturated rings. The van der Waals surface area contributed by atoms with Crippen LogP contribution in [0.1, 0.15) is 37.8 Å². The van der Waals surface area contributed by atoms with Gasteiger partial charge in [-0.25, -0.2) is 4.98 Å². The number of likely N-dealkylation sites (tertiary alicyclic amines) is 1. The van der Waals surface area contributed by atoms with Crippen molar-refractivity contribution in [3.05, 3.63) is 33.7 Å². The minimum atomic E-state index is -0.390. The number of carbonyl (C=O) groups is 2. The van der Waals surface area contributed by atoms with Gasteiger partial charge in [0.1, 0.15) is 0 Å². The minimum absolute atomic E-state index is 0.00625. The van der Waals surface area contributed by atoms with Crippen molar-refractivity contribution in [2.24, 2.45) is 5.41 Å². The topological polar surface area (TPSA) is 78.2 Å². The predicted molar refractivity (Wildman–Crippen MR) is 108 cm³/mol. The van der Waals surface area contributed by atoms with Crippen LogP contribution in [-0.2, 0) is 16.1 Å². The second kappa shape index (κ2) is 7.30. The van der Waals surface area contributed by atoms with Gasteiger partial charge in [-0.05, 0) is 12.8 Å². The average molecular weight is 416 g/mol. The summed E-state index contributed by atoms with van der Waals surface area (Å²) in [4.78, 5) is 48.7. The molecule has 0 unspecified atom stereocenters. The van der Waals surface area contributed by atoms with E-state index in [1.807, 2.05) is 5.38 Å². The second-order valence-electron chi connectivity index (χ2n) is 8.47. The summed E-state index contributed by atoms with van der Waals surface area (Å²) >= 11 is 1.46. The summed E-state index contributed by atoms with van der Waals surface area (Å²) in [6, 6.07) is 1.61. The van der Waals surface area contributed by atoms with Crippen molar-refractivity contribution >= 4 is 28.1 Å². The first-order chi connectivity index (χ1) is 14.0. The van der Waals surface area contributed by atoms with Gasteiger partial charge in [0, 0.05) is 56.8 Å². The fourth-order valence-corrected chi connectivity index (χ4v) is 5.67. The third kappa shape index (κ3) is 3.41. The van der Waals surface area contributed by atoms with Crippen molar-refractivity contribution < 1.29 is 9.59 Å². The fraction of sp³-hybridized carbons (Fsp3) is 0.600. The normalized spacial score (nSPS) is 23.1. The standard InChI is InChI=1S/C20H25N5O3S/c26-16-11-15(21-19-24(16)9-10-29-19)13-22-5-7-23(8-6-22)14-25-17(27)12-20(18(25)28)3-1-2-4-20/h9-11H,1-8,12-14H2. The highest BCUT2D eigenvalue weighted by atomic mass is 32.1. The van der Waals surface area contributed by atoms with Gasteiger partial charge >= 0.3 is 0 Å². The molecule has 1 spiro atoms. The molecule has 1 saturated carbocycles. The van der Waals surface area contributed by atoms with Crippen LogP contribution in [0.2, 0.25) is 0 Å². The van der Waals surface area contributed by atoms with E-state index in [-0.39, 0.29) is 22.8 Å². The molecule has 4 heterocycles. The lowest BCUT2D eigenvalue weighted by molar-refractivity contribution is -0.144. The van der Waals surface area contributed by atoms with Crippen molar-refractivity contribution in [2.45, 2.75) is 38.6 Å². The molecular weight excluding hydrogens is 390 g/mol. The average Bonchev–Trinajstić information content (AvgIpc) is 3.41. The van der Waals surface area contributed by atoms with Crippen molar-refractivity contribution in [1.29, 1.82) is 0 Å². The van der Waals surface area contributed by atoms with Gasteiger partial charge in [0.05, 0.1) is 17.8 Å². The number of hydrogen-bond donors (Lipinski definition) is 0. The highest BCUT2D eigenvalue weighted by molar-refractivity contribution is 7.15. The third-order valence-corrected chi connectivity index (χ3v) is 7.35. The van der Waals surface area contributed by atoms with Gasteiger partial charge in [-0.15, -0.1) is 11.3 Å². The van der Waals surface area contributed by atoms with E-state index in [0.29, 0.717) is 19.6 Å². The van der Waals surface area contributed by atoms with E-state index < -0.39 is 0 Å². The van der Waals surface area contributed by atoms with E-state index in [4.69, 9.17) is 0 Å². The first kappa shape index (κ1) is 18.9. The lowest BCUT2D eigenvalue weighted by Crippen LogP contribution is -2.51. The Labute approximate surface area is 172 Å². The smallest absolute Gasteiger partial charge is 0.258 e. The largest absolute Gasteiger partial charge is 0.295 e. The van der Waals surface area contributed by atoms with Crippen LogP contribution in [0.25, 0.3) is 4.96 Å². The van der Waals surface area contributed by atoms with Crippen LogP contribution in [0, 0.1) is 5.41 Å². The first-order valence-corrected chi connectivity index (χ1v) is 11.2. The van der Waals surface area contributed by atoms with Gasteiger partial charge in [0.15, 0.2) is 4.96 Å². The third-order valence-electron chi connectivity index (χ3n) is 6.60. The first-order valence-electron chi connectivity index (χ1n) is 10.3. The van der Waals surface area contributed by atoms with Crippen LogP contribution in [0.4, 0.5) is 0 Å². The van der Waals surface area contributed by atoms with Crippen molar-refractivity contribution in [1.82, 2.24) is 24.1 Å². The molecule has 0 N–H and O–H groups in total. The van der Waals surface area contributed by atoms with Crippen molar-refractivity contribution in [3.8, 4) is 0 Å². The Morgan fingerprint density at radius 3 is 2.52 bits per heavy atom. The summed E-state index contributed by atoms with van der Waals surface area (Å²) in [5.41, 5.74) is 0.356. The molecule has 2 aromatic rings. The number of rotatable bonds is 4. The molecule has 2 aliphatic heterocycles. The van der Waals surface area contributed by atoms with Gasteiger partial charge < -0.3 is 0 Å². The van der Waals surface area contributed by atoms with Gasteiger partial charge in [-0.3, -0.25) is 33.5 Å². The summed E-state index contributed by atoms with van der Waals surface area (Å²) in [6.07, 6.45) is 5.99. The maximum Gasteiger partial charge on any atom is 0.258 e. The fourth-order valence-electron chi connectivity index (χ4n) is 4.93. The Balaban J connectivity index is 1.18. The van der Waals surface area contributed by atoms with Crippen LogP contribution in [0.15, 0.2) is 22.4 Å². The number of hydrogen-bond acceptors (Lipinski definition) is 7. The summed E-state index contributed by atoms with van der Waals surface area (Å²) in [5.74, 6) is 0.0459. The van der Waals surface area contributed by atoms with E-state index in [9.17, 15) is 14.4 Å². The van der Waals surface area contributed by atoms with E-state index >= 15 is 0 Å². The zero-order chi connectivity index (χ0) is 20.0. The predicted octanol–water partition coefficient (Wildman–Crippen LogP) is 1.15. The number of aromatic nitrogens is 2. The summed E-state index contributed by atoms with van der Waals surface area (Å²) < 4.78 is 1.56. The molecule has 2 aromatic heterocycles. The van der Waals surface area contributed by atoms with Crippen molar-refractivity contribution in [3.63, 3.8) is 0 Å². The zero-order valence-corrected chi connectivity index (χ0v) is 17.2. The van der Waals surface area contributed by atoms with Crippen LogP contribution >= 0.6 is 11.3 Å². The zero-order valence-electron chi connectivity index (χ0n) is 16.4. The maximum atomic E-state index is 12.9. The van der Waals surface area contributed by atoms with Gasteiger partial charge in [0.25, 0.3) is 5.56 Å². The molecular formula is C20H25N5O3S. The number of piperazine rings is 1. The Kier molecular flexibility index (Phi) is 4.76. The van der Waals surface area contributed by atoms with Crippen molar-refractivity contribution in [2.75, 3.05) is 32.8 Å². The SMILES string of the molecule is O=C1CC2(CCCC2)C(=O)N1CN1CCN(Cc2cc(=O)n3ccsc3n2)CC1. The molecule has 154 valence electrons. The number of fused-ring (bicyclic) bond motifs is 1. The van der Waals surface area contributed by atoms with E-state index in [0.717, 1.165) is 62.5 Å². The number of thiazole rings is 1. The van der Waals surface area contributed by atoms with E-state index in [1.54, 1.807) is 16.7 Å².